The second-order valence-corrected chi connectivity index (χ2v) is 5.95. The molecule has 0 fully saturated rings. The summed E-state index contributed by atoms with van der Waals surface area (Å²) in [5.74, 6) is 0.945. The predicted molar refractivity (Wildman–Crippen MR) is 102 cm³/mol. The summed E-state index contributed by atoms with van der Waals surface area (Å²) >= 11 is 0. The summed E-state index contributed by atoms with van der Waals surface area (Å²) in [7, 11) is 1.66. The van der Waals surface area contributed by atoms with Crippen molar-refractivity contribution in [3.8, 4) is 5.75 Å². The lowest BCUT2D eigenvalue weighted by molar-refractivity contribution is 0.0818. The molecule has 2 aromatic carbocycles. The first-order chi connectivity index (χ1) is 13.1. The fourth-order valence-electron chi connectivity index (χ4n) is 2.54. The van der Waals surface area contributed by atoms with Gasteiger partial charge in [-0.05, 0) is 23.3 Å². The molecule has 0 aliphatic rings. The van der Waals surface area contributed by atoms with E-state index in [1.54, 1.807) is 25.2 Å². The van der Waals surface area contributed by atoms with Gasteiger partial charge in [0.2, 0.25) is 0 Å². The SMILES string of the molecule is CN=C(NCc1cccc(OCC(F)F)c1)NCC(CO)c1ccccc1. The summed E-state index contributed by atoms with van der Waals surface area (Å²) in [5.41, 5.74) is 1.93. The molecule has 0 saturated carbocycles. The Morgan fingerprint density at radius 3 is 2.56 bits per heavy atom. The Labute approximate surface area is 158 Å². The number of aliphatic imine (C=N–C) groups is 1. The van der Waals surface area contributed by atoms with Crippen LogP contribution in [0.2, 0.25) is 0 Å². The Kier molecular flexibility index (Phi) is 8.51. The highest BCUT2D eigenvalue weighted by Gasteiger charge is 2.11. The van der Waals surface area contributed by atoms with Gasteiger partial charge in [0.1, 0.15) is 12.4 Å². The minimum atomic E-state index is -2.50. The molecule has 0 heterocycles. The molecule has 2 aromatic rings. The first-order valence-corrected chi connectivity index (χ1v) is 8.72. The maximum Gasteiger partial charge on any atom is 0.272 e. The van der Waals surface area contributed by atoms with Crippen molar-refractivity contribution in [1.82, 2.24) is 10.6 Å². The van der Waals surface area contributed by atoms with Crippen molar-refractivity contribution in [1.29, 1.82) is 0 Å². The van der Waals surface area contributed by atoms with Gasteiger partial charge in [-0.15, -0.1) is 0 Å². The highest BCUT2D eigenvalue weighted by atomic mass is 19.3. The molecule has 0 radical (unpaired) electrons. The quantitative estimate of drug-likeness (QED) is 0.464. The van der Waals surface area contributed by atoms with Gasteiger partial charge in [0.25, 0.3) is 6.43 Å². The average molecular weight is 377 g/mol. The molecule has 2 rings (SSSR count). The van der Waals surface area contributed by atoms with Crippen LogP contribution in [0.5, 0.6) is 5.75 Å². The van der Waals surface area contributed by atoms with E-state index in [9.17, 15) is 13.9 Å². The lowest BCUT2D eigenvalue weighted by Crippen LogP contribution is -2.39. The van der Waals surface area contributed by atoms with Crippen molar-refractivity contribution in [2.24, 2.45) is 4.99 Å². The first kappa shape index (κ1) is 20.6. The third kappa shape index (κ3) is 7.22. The Balaban J connectivity index is 1.85. The standard InChI is InChI=1S/C20H25F2N3O2/c1-23-20(25-12-17(13-26)16-7-3-2-4-8-16)24-11-15-6-5-9-18(10-15)27-14-19(21)22/h2-10,17,19,26H,11-14H2,1H3,(H2,23,24,25). The Morgan fingerprint density at radius 2 is 1.89 bits per heavy atom. The predicted octanol–water partition coefficient (Wildman–Crippen LogP) is 2.77. The molecule has 5 nitrogen and oxygen atoms in total. The number of aliphatic hydroxyl groups excluding tert-OH is 1. The number of ether oxygens (including phenoxy) is 1. The number of guanidine groups is 1. The maximum absolute atomic E-state index is 12.2. The third-order valence-corrected chi connectivity index (χ3v) is 3.97. The number of nitrogens with one attached hydrogen (secondary N) is 2. The van der Waals surface area contributed by atoms with Crippen LogP contribution in [0.3, 0.4) is 0 Å². The third-order valence-electron chi connectivity index (χ3n) is 3.97. The fourth-order valence-corrected chi connectivity index (χ4v) is 2.54. The molecule has 0 amide bonds. The number of hydrogen-bond donors (Lipinski definition) is 3. The number of aliphatic hydroxyl groups is 1. The molecule has 1 atom stereocenters. The molecular formula is C20H25F2N3O2. The summed E-state index contributed by atoms with van der Waals surface area (Å²) in [5, 5.41) is 16.0. The van der Waals surface area contributed by atoms with Crippen LogP contribution in [0, 0.1) is 0 Å². The van der Waals surface area contributed by atoms with Crippen molar-refractivity contribution >= 4 is 5.96 Å². The van der Waals surface area contributed by atoms with Crippen LogP contribution < -0.4 is 15.4 Å². The van der Waals surface area contributed by atoms with Crippen LogP contribution in [0.25, 0.3) is 0 Å². The number of nitrogens with zero attached hydrogens (tertiary/aromatic N) is 1. The van der Waals surface area contributed by atoms with Gasteiger partial charge in [0.15, 0.2) is 5.96 Å². The molecule has 3 N–H and O–H groups in total. The number of alkyl halides is 2. The van der Waals surface area contributed by atoms with E-state index >= 15 is 0 Å². The lowest BCUT2D eigenvalue weighted by atomic mass is 10.0. The molecule has 146 valence electrons. The lowest BCUT2D eigenvalue weighted by Gasteiger charge is -2.18. The summed E-state index contributed by atoms with van der Waals surface area (Å²) in [6, 6.07) is 16.7. The van der Waals surface area contributed by atoms with Crippen LogP contribution in [-0.4, -0.2) is 44.3 Å². The van der Waals surface area contributed by atoms with Gasteiger partial charge in [0, 0.05) is 26.1 Å². The van der Waals surface area contributed by atoms with Crippen molar-refractivity contribution in [3.05, 3.63) is 65.7 Å². The van der Waals surface area contributed by atoms with Crippen LogP contribution in [0.4, 0.5) is 8.78 Å². The number of hydrogen-bond acceptors (Lipinski definition) is 3. The van der Waals surface area contributed by atoms with E-state index < -0.39 is 13.0 Å². The topological polar surface area (TPSA) is 65.9 Å². The molecular weight excluding hydrogens is 352 g/mol. The number of benzene rings is 2. The van der Waals surface area contributed by atoms with Crippen LogP contribution >= 0.6 is 0 Å². The maximum atomic E-state index is 12.2. The van der Waals surface area contributed by atoms with Gasteiger partial charge in [-0.3, -0.25) is 4.99 Å². The van der Waals surface area contributed by atoms with Crippen LogP contribution in [0.15, 0.2) is 59.6 Å². The van der Waals surface area contributed by atoms with Crippen molar-refractivity contribution in [3.63, 3.8) is 0 Å². The molecule has 27 heavy (non-hydrogen) atoms. The normalized spacial score (nSPS) is 12.7. The fraction of sp³-hybridized carbons (Fsp3) is 0.350. The Bertz CT molecular complexity index is 711. The largest absolute Gasteiger partial charge is 0.488 e. The average Bonchev–Trinajstić information content (AvgIpc) is 2.70. The molecule has 0 saturated heterocycles. The Morgan fingerprint density at radius 1 is 1.11 bits per heavy atom. The number of rotatable bonds is 9. The van der Waals surface area contributed by atoms with Gasteiger partial charge in [-0.1, -0.05) is 42.5 Å². The monoisotopic (exact) mass is 377 g/mol. The van der Waals surface area contributed by atoms with E-state index in [1.165, 1.54) is 0 Å². The Hall–Kier alpha value is -2.67. The molecule has 7 heteroatoms. The second-order valence-electron chi connectivity index (χ2n) is 5.95. The zero-order valence-electron chi connectivity index (χ0n) is 15.2. The van der Waals surface area contributed by atoms with Crippen LogP contribution in [-0.2, 0) is 6.54 Å². The van der Waals surface area contributed by atoms with Gasteiger partial charge in [-0.25, -0.2) is 8.78 Å². The van der Waals surface area contributed by atoms with Crippen molar-refractivity contribution in [2.75, 3.05) is 26.8 Å². The van der Waals surface area contributed by atoms with Crippen molar-refractivity contribution < 1.29 is 18.6 Å². The second kappa shape index (κ2) is 11.1. The molecule has 0 bridgehead atoms. The molecule has 0 aliphatic carbocycles. The zero-order valence-corrected chi connectivity index (χ0v) is 15.2. The number of halogens is 2. The smallest absolute Gasteiger partial charge is 0.272 e. The molecule has 0 aromatic heterocycles. The summed E-state index contributed by atoms with van der Waals surface area (Å²) in [4.78, 5) is 4.17. The van der Waals surface area contributed by atoms with E-state index in [0.717, 1.165) is 11.1 Å². The summed E-state index contributed by atoms with van der Waals surface area (Å²) < 4.78 is 29.5. The van der Waals surface area contributed by atoms with E-state index in [4.69, 9.17) is 4.74 Å². The minimum Gasteiger partial charge on any atom is -0.488 e. The zero-order chi connectivity index (χ0) is 19.5. The van der Waals surface area contributed by atoms with Gasteiger partial charge in [0.05, 0.1) is 6.61 Å². The van der Waals surface area contributed by atoms with E-state index in [1.807, 2.05) is 36.4 Å². The van der Waals surface area contributed by atoms with Crippen LogP contribution in [0.1, 0.15) is 17.0 Å². The van der Waals surface area contributed by atoms with Gasteiger partial charge < -0.3 is 20.5 Å². The molecule has 0 spiro atoms. The highest BCUT2D eigenvalue weighted by Crippen LogP contribution is 2.15. The summed E-state index contributed by atoms with van der Waals surface area (Å²) in [6.45, 7) is 0.387. The highest BCUT2D eigenvalue weighted by molar-refractivity contribution is 5.79. The molecule has 0 aliphatic heterocycles. The van der Waals surface area contributed by atoms with E-state index in [2.05, 4.69) is 15.6 Å². The van der Waals surface area contributed by atoms with Gasteiger partial charge in [-0.2, -0.15) is 0 Å². The van der Waals surface area contributed by atoms with E-state index in [0.29, 0.717) is 24.8 Å². The summed E-state index contributed by atoms with van der Waals surface area (Å²) in [6.07, 6.45) is -2.50. The first-order valence-electron chi connectivity index (χ1n) is 8.72. The molecule has 1 unspecified atom stereocenters. The van der Waals surface area contributed by atoms with Gasteiger partial charge >= 0.3 is 0 Å². The van der Waals surface area contributed by atoms with Crippen molar-refractivity contribution in [2.45, 2.75) is 18.9 Å². The minimum absolute atomic E-state index is 0.0253. The van der Waals surface area contributed by atoms with E-state index in [-0.39, 0.29) is 12.5 Å².